The van der Waals surface area contributed by atoms with E-state index in [2.05, 4.69) is 13.5 Å². The minimum atomic E-state index is -0.408. The predicted molar refractivity (Wildman–Crippen MR) is 112 cm³/mol. The molecule has 4 nitrogen and oxygen atoms in total. The fourth-order valence-electron chi connectivity index (χ4n) is 2.66. The minimum Gasteiger partial charge on any atom is -0.462 e. The Morgan fingerprint density at radius 3 is 1.74 bits per heavy atom. The van der Waals surface area contributed by atoms with Crippen LogP contribution in [0, 0.1) is 0 Å². The van der Waals surface area contributed by atoms with E-state index in [9.17, 15) is 9.59 Å². The van der Waals surface area contributed by atoms with Gasteiger partial charge < -0.3 is 9.47 Å². The highest BCUT2D eigenvalue weighted by atomic mass is 16.5. The van der Waals surface area contributed by atoms with Gasteiger partial charge in [-0.1, -0.05) is 77.4 Å². The fourth-order valence-corrected chi connectivity index (χ4v) is 2.66. The standard InChI is InChI=1S/C23H40O4/c1-5-6-7-8-9-10-11-12-13-14-15-17-21(4)23(25)27-19-16-18-26-22(24)20(2)3/h17H,2,5-16,18-19H2,1,3-4H3. The maximum Gasteiger partial charge on any atom is 0.333 e. The second-order valence-corrected chi connectivity index (χ2v) is 7.26. The molecule has 0 N–H and O–H groups in total. The summed E-state index contributed by atoms with van der Waals surface area (Å²) in [6, 6.07) is 0. The number of esters is 2. The van der Waals surface area contributed by atoms with Gasteiger partial charge in [-0.15, -0.1) is 0 Å². The molecule has 0 aromatic heterocycles. The molecular formula is C23H40O4. The number of carbonyl (C=O) groups is 2. The summed E-state index contributed by atoms with van der Waals surface area (Å²) in [4.78, 5) is 23.0. The van der Waals surface area contributed by atoms with Gasteiger partial charge in [-0.3, -0.25) is 0 Å². The Kier molecular flexibility index (Phi) is 16.8. The molecule has 0 aromatic carbocycles. The van der Waals surface area contributed by atoms with Crippen molar-refractivity contribution >= 4 is 11.9 Å². The van der Waals surface area contributed by atoms with E-state index in [1.165, 1.54) is 57.8 Å². The molecule has 0 aliphatic rings. The van der Waals surface area contributed by atoms with Crippen molar-refractivity contribution in [1.29, 1.82) is 0 Å². The van der Waals surface area contributed by atoms with Gasteiger partial charge in [0, 0.05) is 17.6 Å². The monoisotopic (exact) mass is 380 g/mol. The Morgan fingerprint density at radius 2 is 1.22 bits per heavy atom. The molecule has 0 amide bonds. The first-order valence-corrected chi connectivity index (χ1v) is 10.7. The van der Waals surface area contributed by atoms with Crippen LogP contribution in [0.5, 0.6) is 0 Å². The van der Waals surface area contributed by atoms with Crippen molar-refractivity contribution in [3.63, 3.8) is 0 Å². The molecule has 4 heteroatoms. The van der Waals surface area contributed by atoms with E-state index in [0.29, 0.717) is 17.6 Å². The van der Waals surface area contributed by atoms with E-state index in [4.69, 9.17) is 9.47 Å². The van der Waals surface area contributed by atoms with Crippen LogP contribution in [0.3, 0.4) is 0 Å². The molecule has 0 aliphatic carbocycles. The van der Waals surface area contributed by atoms with Crippen LogP contribution in [0.4, 0.5) is 0 Å². The fraction of sp³-hybridized carbons (Fsp3) is 0.739. The highest BCUT2D eigenvalue weighted by Gasteiger charge is 2.06. The molecule has 0 saturated carbocycles. The molecule has 0 heterocycles. The van der Waals surface area contributed by atoms with Crippen molar-refractivity contribution in [3.8, 4) is 0 Å². The second kappa shape index (κ2) is 17.8. The average Bonchev–Trinajstić information content (AvgIpc) is 2.65. The van der Waals surface area contributed by atoms with E-state index in [0.717, 1.165) is 12.8 Å². The number of hydrogen-bond acceptors (Lipinski definition) is 4. The number of allylic oxidation sites excluding steroid dienone is 1. The Bertz CT molecular complexity index is 451. The zero-order valence-electron chi connectivity index (χ0n) is 17.8. The lowest BCUT2D eigenvalue weighted by atomic mass is 10.1. The van der Waals surface area contributed by atoms with Crippen LogP contribution >= 0.6 is 0 Å². The Hall–Kier alpha value is -1.58. The molecule has 0 spiro atoms. The summed E-state index contributed by atoms with van der Waals surface area (Å²) in [6.45, 7) is 9.64. The van der Waals surface area contributed by atoms with Crippen LogP contribution in [-0.4, -0.2) is 25.2 Å². The number of ether oxygens (including phenoxy) is 2. The molecular weight excluding hydrogens is 340 g/mol. The number of rotatable bonds is 17. The minimum absolute atomic E-state index is 0.236. The summed E-state index contributed by atoms with van der Waals surface area (Å²) in [6.07, 6.45) is 16.5. The van der Waals surface area contributed by atoms with Crippen LogP contribution in [0.1, 0.15) is 97.8 Å². The summed E-state index contributed by atoms with van der Waals surface area (Å²) in [5.41, 5.74) is 1.03. The normalized spacial score (nSPS) is 11.3. The third-order valence-electron chi connectivity index (χ3n) is 4.43. The number of carbonyl (C=O) groups excluding carboxylic acids is 2. The molecule has 0 rings (SSSR count). The van der Waals surface area contributed by atoms with Crippen molar-refractivity contribution in [1.82, 2.24) is 0 Å². The lowest BCUT2D eigenvalue weighted by molar-refractivity contribution is -0.141. The molecule has 27 heavy (non-hydrogen) atoms. The van der Waals surface area contributed by atoms with Gasteiger partial charge in [0.25, 0.3) is 0 Å². The molecule has 0 aliphatic heterocycles. The first-order chi connectivity index (χ1) is 13.0. The summed E-state index contributed by atoms with van der Waals surface area (Å²) in [5.74, 6) is -0.692. The lowest BCUT2D eigenvalue weighted by Gasteiger charge is -2.06. The van der Waals surface area contributed by atoms with E-state index < -0.39 is 5.97 Å². The number of hydrogen-bond donors (Lipinski definition) is 0. The van der Waals surface area contributed by atoms with Gasteiger partial charge in [0.1, 0.15) is 0 Å². The van der Waals surface area contributed by atoms with E-state index in [1.54, 1.807) is 13.8 Å². The highest BCUT2D eigenvalue weighted by Crippen LogP contribution is 2.12. The van der Waals surface area contributed by atoms with Crippen LogP contribution in [0.2, 0.25) is 0 Å². The maximum atomic E-state index is 11.8. The van der Waals surface area contributed by atoms with E-state index in [1.807, 2.05) is 6.08 Å². The van der Waals surface area contributed by atoms with Gasteiger partial charge in [-0.2, -0.15) is 0 Å². The first-order valence-electron chi connectivity index (χ1n) is 10.7. The first kappa shape index (κ1) is 25.4. The van der Waals surface area contributed by atoms with Gasteiger partial charge in [0.15, 0.2) is 0 Å². The topological polar surface area (TPSA) is 52.6 Å². The quantitative estimate of drug-likeness (QED) is 0.169. The zero-order valence-corrected chi connectivity index (χ0v) is 17.8. The van der Waals surface area contributed by atoms with Gasteiger partial charge in [-0.25, -0.2) is 9.59 Å². The molecule has 0 radical (unpaired) electrons. The molecule has 0 atom stereocenters. The van der Waals surface area contributed by atoms with E-state index in [-0.39, 0.29) is 19.2 Å². The third-order valence-corrected chi connectivity index (χ3v) is 4.43. The summed E-state index contributed by atoms with van der Waals surface area (Å²) >= 11 is 0. The largest absolute Gasteiger partial charge is 0.462 e. The van der Waals surface area contributed by atoms with Crippen LogP contribution in [0.15, 0.2) is 23.8 Å². The Balaban J connectivity index is 3.56. The van der Waals surface area contributed by atoms with E-state index >= 15 is 0 Å². The molecule has 0 aromatic rings. The summed E-state index contributed by atoms with van der Waals surface area (Å²) < 4.78 is 10.1. The molecule has 156 valence electrons. The summed E-state index contributed by atoms with van der Waals surface area (Å²) in [5, 5.41) is 0. The summed E-state index contributed by atoms with van der Waals surface area (Å²) in [7, 11) is 0. The van der Waals surface area contributed by atoms with Gasteiger partial charge in [-0.05, 0) is 26.7 Å². The van der Waals surface area contributed by atoms with Crippen molar-refractivity contribution in [2.45, 2.75) is 97.8 Å². The molecule has 0 saturated heterocycles. The van der Waals surface area contributed by atoms with Crippen molar-refractivity contribution in [3.05, 3.63) is 23.8 Å². The number of unbranched alkanes of at least 4 members (excludes halogenated alkanes) is 10. The third kappa shape index (κ3) is 16.3. The lowest BCUT2D eigenvalue weighted by Crippen LogP contribution is -2.11. The van der Waals surface area contributed by atoms with Crippen LogP contribution < -0.4 is 0 Å². The smallest absolute Gasteiger partial charge is 0.333 e. The molecule has 0 bridgehead atoms. The van der Waals surface area contributed by atoms with Crippen LogP contribution in [-0.2, 0) is 19.1 Å². The maximum absolute atomic E-state index is 11.8. The van der Waals surface area contributed by atoms with Crippen molar-refractivity contribution in [2.75, 3.05) is 13.2 Å². The predicted octanol–water partition coefficient (Wildman–Crippen LogP) is 6.30. The van der Waals surface area contributed by atoms with Gasteiger partial charge >= 0.3 is 11.9 Å². The van der Waals surface area contributed by atoms with Gasteiger partial charge in [0.05, 0.1) is 13.2 Å². The zero-order chi connectivity index (χ0) is 20.3. The molecule has 0 unspecified atom stereocenters. The van der Waals surface area contributed by atoms with Crippen LogP contribution in [0.25, 0.3) is 0 Å². The van der Waals surface area contributed by atoms with Crippen molar-refractivity contribution in [2.24, 2.45) is 0 Å². The average molecular weight is 381 g/mol. The Labute approximate surface area is 166 Å². The van der Waals surface area contributed by atoms with Crippen molar-refractivity contribution < 1.29 is 19.1 Å². The Morgan fingerprint density at radius 1 is 0.741 bits per heavy atom. The second-order valence-electron chi connectivity index (χ2n) is 7.26. The highest BCUT2D eigenvalue weighted by molar-refractivity contribution is 5.87. The van der Waals surface area contributed by atoms with Gasteiger partial charge in [0.2, 0.25) is 0 Å². The SMILES string of the molecule is C=C(C)C(=O)OCCCOC(=O)C(C)=CCCCCCCCCCCCC. The molecule has 0 fully saturated rings.